The topological polar surface area (TPSA) is 63.1 Å². The Balaban J connectivity index is 1.68. The molecule has 0 spiro atoms. The lowest BCUT2D eigenvalue weighted by atomic mass is 10.1. The number of amides is 2. The predicted molar refractivity (Wildman–Crippen MR) is 96.4 cm³/mol. The summed E-state index contributed by atoms with van der Waals surface area (Å²) >= 11 is 0.504. The van der Waals surface area contributed by atoms with Gasteiger partial charge in [-0.1, -0.05) is 30.3 Å². The van der Waals surface area contributed by atoms with E-state index >= 15 is 0 Å². The van der Waals surface area contributed by atoms with Crippen LogP contribution < -0.4 is 10.0 Å². The molecule has 3 rings (SSSR count). The number of carbonyl (C=O) groups excluding carboxylic acids is 2. The molecular weight excluding hydrogens is 398 g/mol. The Hall–Kier alpha value is -3.01. The van der Waals surface area contributed by atoms with Crippen LogP contribution in [0.2, 0.25) is 0 Å². The second-order valence-electron chi connectivity index (χ2n) is 5.76. The molecule has 0 saturated carbocycles. The van der Waals surface area contributed by atoms with Crippen molar-refractivity contribution < 1.29 is 27.2 Å². The van der Waals surface area contributed by atoms with Gasteiger partial charge in [0.2, 0.25) is 0 Å². The van der Waals surface area contributed by atoms with Crippen molar-refractivity contribution >= 4 is 35.4 Å². The number of halogens is 4. The first kappa shape index (κ1) is 19.7. The Morgan fingerprint density at radius 1 is 1.04 bits per heavy atom. The van der Waals surface area contributed by atoms with Crippen molar-refractivity contribution in [1.82, 2.24) is 14.0 Å². The van der Waals surface area contributed by atoms with Crippen LogP contribution in [0.1, 0.15) is 5.56 Å². The summed E-state index contributed by atoms with van der Waals surface area (Å²) in [5, 5.41) is 1.95. The molecule has 10 heteroatoms. The summed E-state index contributed by atoms with van der Waals surface area (Å²) < 4.78 is 57.7. The summed E-state index contributed by atoms with van der Waals surface area (Å²) in [6.45, 7) is 0. The van der Waals surface area contributed by atoms with Gasteiger partial charge >= 0.3 is 6.03 Å². The van der Waals surface area contributed by atoms with Gasteiger partial charge in [-0.3, -0.25) is 8.69 Å². The highest BCUT2D eigenvalue weighted by atomic mass is 32.2. The van der Waals surface area contributed by atoms with E-state index in [-0.39, 0.29) is 6.42 Å². The van der Waals surface area contributed by atoms with Crippen molar-refractivity contribution in [3.63, 3.8) is 0 Å². The number of urea groups is 1. The van der Waals surface area contributed by atoms with Gasteiger partial charge in [0.1, 0.15) is 11.8 Å². The van der Waals surface area contributed by atoms with Crippen molar-refractivity contribution in [2.45, 2.75) is 12.5 Å². The largest absolute Gasteiger partial charge is 0.328 e. The number of aromatic nitrogens is 1. The van der Waals surface area contributed by atoms with E-state index in [1.807, 2.05) is 6.07 Å². The van der Waals surface area contributed by atoms with Gasteiger partial charge in [-0.05, 0) is 18.1 Å². The van der Waals surface area contributed by atoms with Crippen molar-refractivity contribution in [1.29, 1.82) is 0 Å². The molecule has 0 aliphatic rings. The molecule has 0 fully saturated rings. The Kier molecular flexibility index (Phi) is 5.88. The van der Waals surface area contributed by atoms with E-state index in [9.17, 15) is 27.2 Å². The second kappa shape index (κ2) is 8.34. The number of fused-ring (bicyclic) bond motifs is 1. The maximum absolute atomic E-state index is 14.0. The van der Waals surface area contributed by atoms with Crippen LogP contribution in [0.4, 0.5) is 22.4 Å². The number of aldehydes is 1. The number of rotatable bonds is 6. The lowest BCUT2D eigenvalue weighted by Crippen LogP contribution is -2.42. The minimum Gasteiger partial charge on any atom is -0.328 e. The number of nitrogens with zero attached hydrogens (tertiary/aromatic N) is 1. The molecule has 3 aromatic rings. The molecule has 1 heterocycles. The molecule has 5 nitrogen and oxygen atoms in total. The third-order valence-electron chi connectivity index (χ3n) is 3.89. The summed E-state index contributed by atoms with van der Waals surface area (Å²) in [5.74, 6) is -6.96. The average Bonchev–Trinajstić information content (AvgIpc) is 3.13. The zero-order chi connectivity index (χ0) is 20.3. The summed E-state index contributed by atoms with van der Waals surface area (Å²) in [6, 6.07) is 8.44. The van der Waals surface area contributed by atoms with Gasteiger partial charge in [0.05, 0.1) is 18.2 Å². The third-order valence-corrected chi connectivity index (χ3v) is 4.67. The molecule has 1 aromatic heterocycles. The zero-order valence-electron chi connectivity index (χ0n) is 14.1. The van der Waals surface area contributed by atoms with Gasteiger partial charge in [-0.2, -0.15) is 0 Å². The standard InChI is InChI=1S/C18H13F4N3O2S/c19-13-12-6-7-25(17(12)16(22)15(21)14(13)20)28-24-18(27)23-11(9-26)8-10-4-2-1-3-5-10/h1-7,9,11H,8H2,(H2,23,24,27). The van der Waals surface area contributed by atoms with Crippen LogP contribution in [-0.2, 0) is 11.2 Å². The van der Waals surface area contributed by atoms with Crippen LogP contribution in [-0.4, -0.2) is 22.3 Å². The Morgan fingerprint density at radius 3 is 2.39 bits per heavy atom. The monoisotopic (exact) mass is 411 g/mol. The highest BCUT2D eigenvalue weighted by Gasteiger charge is 2.23. The minimum absolute atomic E-state index is 0.263. The summed E-state index contributed by atoms with van der Waals surface area (Å²) in [6.07, 6.45) is 1.97. The number of carbonyl (C=O) groups is 2. The van der Waals surface area contributed by atoms with Gasteiger partial charge in [0, 0.05) is 11.6 Å². The molecule has 2 aromatic carbocycles. The first-order chi connectivity index (χ1) is 13.4. The molecule has 0 bridgehead atoms. The van der Waals surface area contributed by atoms with Crippen molar-refractivity contribution in [2.75, 3.05) is 0 Å². The molecular formula is C18H13F4N3O2S. The molecule has 2 N–H and O–H groups in total. The Morgan fingerprint density at radius 2 is 1.71 bits per heavy atom. The van der Waals surface area contributed by atoms with Crippen LogP contribution in [0.25, 0.3) is 10.9 Å². The highest BCUT2D eigenvalue weighted by molar-refractivity contribution is 7.96. The van der Waals surface area contributed by atoms with Crippen LogP contribution in [0.3, 0.4) is 0 Å². The minimum atomic E-state index is -1.95. The number of nitrogens with one attached hydrogen (secondary N) is 2. The fourth-order valence-electron chi connectivity index (χ4n) is 2.59. The Labute approximate surface area is 161 Å². The summed E-state index contributed by atoms with van der Waals surface area (Å²) in [4.78, 5) is 23.2. The van der Waals surface area contributed by atoms with Crippen LogP contribution in [0.15, 0.2) is 42.6 Å². The van der Waals surface area contributed by atoms with Crippen molar-refractivity contribution in [3.8, 4) is 0 Å². The average molecular weight is 411 g/mol. The molecule has 1 atom stereocenters. The SMILES string of the molecule is O=CC(Cc1ccccc1)NC(=O)NSn1ccc2c(F)c(F)c(F)c(F)c21. The predicted octanol–water partition coefficient (Wildman–Crippen LogP) is 3.72. The molecule has 0 aliphatic heterocycles. The first-order valence-corrected chi connectivity index (χ1v) is 8.75. The van der Waals surface area contributed by atoms with Crippen molar-refractivity contribution in [2.24, 2.45) is 0 Å². The van der Waals surface area contributed by atoms with Gasteiger partial charge < -0.3 is 10.1 Å². The van der Waals surface area contributed by atoms with Gasteiger partial charge in [0.25, 0.3) is 0 Å². The van der Waals surface area contributed by atoms with E-state index in [1.165, 1.54) is 0 Å². The molecule has 146 valence electrons. The summed E-state index contributed by atoms with van der Waals surface area (Å²) in [7, 11) is 0. The number of benzene rings is 2. The highest BCUT2D eigenvalue weighted by Crippen LogP contribution is 2.29. The van der Waals surface area contributed by atoms with Crippen molar-refractivity contribution in [3.05, 3.63) is 71.4 Å². The van der Waals surface area contributed by atoms with Gasteiger partial charge in [-0.25, -0.2) is 22.4 Å². The van der Waals surface area contributed by atoms with E-state index in [0.29, 0.717) is 18.4 Å². The number of hydrogen-bond donors (Lipinski definition) is 2. The molecule has 28 heavy (non-hydrogen) atoms. The van der Waals surface area contributed by atoms with Crippen LogP contribution in [0, 0.1) is 23.3 Å². The molecule has 0 saturated heterocycles. The van der Waals surface area contributed by atoms with E-state index in [0.717, 1.165) is 21.8 Å². The quantitative estimate of drug-likeness (QED) is 0.214. The smallest absolute Gasteiger partial charge is 0.326 e. The first-order valence-electron chi connectivity index (χ1n) is 7.98. The van der Waals surface area contributed by atoms with E-state index in [1.54, 1.807) is 24.3 Å². The van der Waals surface area contributed by atoms with E-state index in [4.69, 9.17) is 0 Å². The fourth-order valence-corrected chi connectivity index (χ4v) is 3.22. The normalized spacial score (nSPS) is 12.0. The molecule has 1 unspecified atom stereocenters. The maximum atomic E-state index is 14.0. The van der Waals surface area contributed by atoms with Gasteiger partial charge in [-0.15, -0.1) is 0 Å². The molecule has 0 aliphatic carbocycles. The maximum Gasteiger partial charge on any atom is 0.326 e. The zero-order valence-corrected chi connectivity index (χ0v) is 14.9. The van der Waals surface area contributed by atoms with E-state index < -0.39 is 46.2 Å². The molecule has 2 amide bonds. The molecule has 0 radical (unpaired) electrons. The summed E-state index contributed by atoms with van der Waals surface area (Å²) in [5.41, 5.74) is 0.275. The Bertz CT molecular complexity index is 1030. The van der Waals surface area contributed by atoms with E-state index in [2.05, 4.69) is 10.0 Å². The lowest BCUT2D eigenvalue weighted by molar-refractivity contribution is -0.109. The number of hydrogen-bond acceptors (Lipinski definition) is 3. The lowest BCUT2D eigenvalue weighted by Gasteiger charge is -2.14. The van der Waals surface area contributed by atoms with Gasteiger partial charge in [0.15, 0.2) is 23.3 Å². The third kappa shape index (κ3) is 3.96. The fraction of sp³-hybridized carbons (Fsp3) is 0.111. The second-order valence-corrected chi connectivity index (χ2v) is 6.54. The van der Waals surface area contributed by atoms with Crippen LogP contribution >= 0.6 is 12.1 Å². The van der Waals surface area contributed by atoms with Crippen LogP contribution in [0.5, 0.6) is 0 Å².